The van der Waals surface area contributed by atoms with Crippen LogP contribution in [0.1, 0.15) is 25.5 Å². The van der Waals surface area contributed by atoms with Crippen molar-refractivity contribution < 1.29 is 4.79 Å². The molecule has 1 fully saturated rings. The summed E-state index contributed by atoms with van der Waals surface area (Å²) in [6.07, 6.45) is 4.01. The van der Waals surface area contributed by atoms with Crippen molar-refractivity contribution in [1.82, 2.24) is 14.3 Å². The smallest absolute Gasteiger partial charge is 0.258 e. The number of aromatic nitrogens is 2. The first-order chi connectivity index (χ1) is 11.5. The van der Waals surface area contributed by atoms with Gasteiger partial charge >= 0.3 is 0 Å². The van der Waals surface area contributed by atoms with Crippen molar-refractivity contribution in [2.75, 3.05) is 18.8 Å². The normalized spacial score (nSPS) is 18.1. The second-order valence-corrected chi connectivity index (χ2v) is 8.14. The average molecular weight is 410 g/mol. The molecular formula is C17H20BrN3O2S. The van der Waals surface area contributed by atoms with Gasteiger partial charge in [-0.1, -0.05) is 6.92 Å². The Hall–Kier alpha value is -1.34. The first-order valence-electron chi connectivity index (χ1n) is 8.06. The molecule has 1 aliphatic heterocycles. The highest BCUT2D eigenvalue weighted by atomic mass is 79.9. The summed E-state index contributed by atoms with van der Waals surface area (Å²) in [7, 11) is 0. The van der Waals surface area contributed by atoms with Gasteiger partial charge in [-0.15, -0.1) is 11.8 Å². The lowest BCUT2D eigenvalue weighted by Crippen LogP contribution is -2.40. The van der Waals surface area contributed by atoms with Gasteiger partial charge in [0, 0.05) is 35.6 Å². The standard InChI is InChI=1S/C17H20BrN3O2S/c1-12-3-2-6-20(8-12)17(23)11-24-10-14-7-16(22)21-9-13(18)4-5-15(21)19-14/h4-5,7,9,12H,2-3,6,8,10-11H2,1H3/t12-/m0/s1. The minimum absolute atomic E-state index is 0.104. The Labute approximate surface area is 153 Å². The number of carbonyl (C=O) groups excluding carboxylic acids is 1. The van der Waals surface area contributed by atoms with Gasteiger partial charge in [0.05, 0.1) is 11.4 Å². The monoisotopic (exact) mass is 409 g/mol. The predicted octanol–water partition coefficient (Wildman–Crippen LogP) is 2.95. The summed E-state index contributed by atoms with van der Waals surface area (Å²) < 4.78 is 2.35. The van der Waals surface area contributed by atoms with Crippen molar-refractivity contribution in [1.29, 1.82) is 0 Å². The molecule has 0 aromatic carbocycles. The molecule has 0 bridgehead atoms. The molecule has 0 unspecified atom stereocenters. The zero-order valence-corrected chi connectivity index (χ0v) is 16.0. The summed E-state index contributed by atoms with van der Waals surface area (Å²) in [5, 5.41) is 0. The highest BCUT2D eigenvalue weighted by molar-refractivity contribution is 9.10. The van der Waals surface area contributed by atoms with Gasteiger partial charge in [-0.3, -0.25) is 14.0 Å². The number of pyridine rings is 1. The molecule has 3 heterocycles. The molecule has 1 saturated heterocycles. The Bertz CT molecular complexity index is 808. The van der Waals surface area contributed by atoms with Crippen LogP contribution >= 0.6 is 27.7 Å². The molecule has 128 valence electrons. The summed E-state index contributed by atoms with van der Waals surface area (Å²) >= 11 is 4.87. The summed E-state index contributed by atoms with van der Waals surface area (Å²) in [6, 6.07) is 5.21. The average Bonchev–Trinajstić information content (AvgIpc) is 2.55. The van der Waals surface area contributed by atoms with Crippen LogP contribution in [0.4, 0.5) is 0 Å². The van der Waals surface area contributed by atoms with Gasteiger partial charge in [0.25, 0.3) is 5.56 Å². The Morgan fingerprint density at radius 1 is 1.46 bits per heavy atom. The summed E-state index contributed by atoms with van der Waals surface area (Å²) in [6.45, 7) is 3.93. The van der Waals surface area contributed by atoms with Gasteiger partial charge in [0.15, 0.2) is 0 Å². The van der Waals surface area contributed by atoms with Crippen LogP contribution in [0.2, 0.25) is 0 Å². The van der Waals surface area contributed by atoms with Gasteiger partial charge in [-0.25, -0.2) is 4.98 Å². The first kappa shape index (κ1) is 17.5. The van der Waals surface area contributed by atoms with Crippen molar-refractivity contribution >= 4 is 39.2 Å². The molecule has 3 rings (SSSR count). The van der Waals surface area contributed by atoms with Crippen molar-refractivity contribution in [3.8, 4) is 0 Å². The van der Waals surface area contributed by atoms with Gasteiger partial charge in [0.2, 0.25) is 5.91 Å². The van der Waals surface area contributed by atoms with E-state index in [1.807, 2.05) is 11.0 Å². The van der Waals surface area contributed by atoms with Crippen molar-refractivity contribution in [2.45, 2.75) is 25.5 Å². The highest BCUT2D eigenvalue weighted by Crippen LogP contribution is 2.18. The molecule has 0 radical (unpaired) electrons. The topological polar surface area (TPSA) is 54.7 Å². The maximum Gasteiger partial charge on any atom is 0.258 e. The molecular weight excluding hydrogens is 390 g/mol. The third-order valence-corrected chi connectivity index (χ3v) is 5.58. The van der Waals surface area contributed by atoms with E-state index in [9.17, 15) is 9.59 Å². The Balaban J connectivity index is 1.60. The lowest BCUT2D eigenvalue weighted by atomic mass is 10.0. The van der Waals surface area contributed by atoms with Crippen LogP contribution < -0.4 is 5.56 Å². The van der Waals surface area contributed by atoms with E-state index < -0.39 is 0 Å². The molecule has 1 amide bonds. The van der Waals surface area contributed by atoms with Gasteiger partial charge in [0.1, 0.15) is 5.65 Å². The van der Waals surface area contributed by atoms with E-state index >= 15 is 0 Å². The number of halogens is 1. The fourth-order valence-electron chi connectivity index (χ4n) is 2.95. The Morgan fingerprint density at radius 3 is 3.08 bits per heavy atom. The number of thioether (sulfide) groups is 1. The van der Waals surface area contributed by atoms with E-state index in [0.29, 0.717) is 28.8 Å². The third-order valence-electron chi connectivity index (χ3n) is 4.16. The van der Waals surface area contributed by atoms with E-state index in [2.05, 4.69) is 27.8 Å². The maximum absolute atomic E-state index is 12.3. The number of rotatable bonds is 4. The van der Waals surface area contributed by atoms with Crippen molar-refractivity contribution in [3.05, 3.63) is 44.9 Å². The zero-order chi connectivity index (χ0) is 17.1. The lowest BCUT2D eigenvalue weighted by molar-refractivity contribution is -0.130. The molecule has 0 saturated carbocycles. The van der Waals surface area contributed by atoms with Crippen LogP contribution in [0.3, 0.4) is 0 Å². The molecule has 5 nitrogen and oxygen atoms in total. The number of amides is 1. The summed E-state index contributed by atoms with van der Waals surface area (Å²) in [5.41, 5.74) is 1.23. The number of piperidine rings is 1. The molecule has 2 aromatic heterocycles. The summed E-state index contributed by atoms with van der Waals surface area (Å²) in [4.78, 5) is 30.9. The largest absolute Gasteiger partial charge is 0.342 e. The van der Waals surface area contributed by atoms with Gasteiger partial charge in [-0.05, 0) is 46.8 Å². The maximum atomic E-state index is 12.3. The summed E-state index contributed by atoms with van der Waals surface area (Å²) in [5.74, 6) is 1.78. The number of fused-ring (bicyclic) bond motifs is 1. The quantitative estimate of drug-likeness (QED) is 0.778. The van der Waals surface area contributed by atoms with Crippen LogP contribution in [0.25, 0.3) is 5.65 Å². The fourth-order valence-corrected chi connectivity index (χ4v) is 4.10. The van der Waals surface area contributed by atoms with E-state index in [0.717, 1.165) is 24.0 Å². The van der Waals surface area contributed by atoms with Crippen LogP contribution in [0, 0.1) is 5.92 Å². The van der Waals surface area contributed by atoms with Crippen LogP contribution in [0.15, 0.2) is 33.7 Å². The molecule has 0 aliphatic carbocycles. The minimum atomic E-state index is -0.104. The van der Waals surface area contributed by atoms with Crippen LogP contribution in [-0.4, -0.2) is 39.0 Å². The van der Waals surface area contributed by atoms with E-state index in [-0.39, 0.29) is 11.5 Å². The van der Waals surface area contributed by atoms with E-state index in [1.54, 1.807) is 18.3 Å². The van der Waals surface area contributed by atoms with Crippen molar-refractivity contribution in [2.24, 2.45) is 5.92 Å². The Morgan fingerprint density at radius 2 is 2.29 bits per heavy atom. The third kappa shape index (κ3) is 4.19. The lowest BCUT2D eigenvalue weighted by Gasteiger charge is -2.30. The highest BCUT2D eigenvalue weighted by Gasteiger charge is 2.20. The minimum Gasteiger partial charge on any atom is -0.342 e. The van der Waals surface area contributed by atoms with Gasteiger partial charge in [-0.2, -0.15) is 0 Å². The molecule has 7 heteroatoms. The molecule has 1 atom stereocenters. The zero-order valence-electron chi connectivity index (χ0n) is 13.6. The SMILES string of the molecule is C[C@H]1CCCN(C(=O)CSCc2cc(=O)n3cc(Br)ccc3n2)C1. The van der Waals surface area contributed by atoms with Crippen molar-refractivity contribution in [3.63, 3.8) is 0 Å². The number of nitrogens with zero attached hydrogens (tertiary/aromatic N) is 3. The number of hydrogen-bond donors (Lipinski definition) is 0. The Kier molecular flexibility index (Phi) is 5.61. The molecule has 0 N–H and O–H groups in total. The van der Waals surface area contributed by atoms with Crippen LogP contribution in [-0.2, 0) is 10.5 Å². The molecule has 0 spiro atoms. The number of hydrogen-bond acceptors (Lipinski definition) is 4. The molecule has 24 heavy (non-hydrogen) atoms. The van der Waals surface area contributed by atoms with E-state index in [4.69, 9.17) is 0 Å². The van der Waals surface area contributed by atoms with Crippen LogP contribution in [0.5, 0.6) is 0 Å². The fraction of sp³-hybridized carbons (Fsp3) is 0.471. The second-order valence-electron chi connectivity index (χ2n) is 6.24. The second kappa shape index (κ2) is 7.70. The molecule has 2 aromatic rings. The predicted molar refractivity (Wildman–Crippen MR) is 100 cm³/mol. The first-order valence-corrected chi connectivity index (χ1v) is 10.0. The number of likely N-dealkylation sites (tertiary alicyclic amines) is 1. The molecule has 1 aliphatic rings. The van der Waals surface area contributed by atoms with E-state index in [1.165, 1.54) is 22.6 Å². The van der Waals surface area contributed by atoms with Gasteiger partial charge < -0.3 is 4.90 Å². The number of carbonyl (C=O) groups is 1.